The van der Waals surface area contributed by atoms with E-state index in [0.29, 0.717) is 22.1 Å². The van der Waals surface area contributed by atoms with Crippen LogP contribution in [0.25, 0.3) is 5.65 Å². The molecule has 1 aromatic carbocycles. The van der Waals surface area contributed by atoms with Gasteiger partial charge in [-0.05, 0) is 36.8 Å². The van der Waals surface area contributed by atoms with Gasteiger partial charge >= 0.3 is 0 Å². The highest BCUT2D eigenvalue weighted by molar-refractivity contribution is 6.30. The first-order valence-corrected chi connectivity index (χ1v) is 7.58. The first-order chi connectivity index (χ1) is 11.6. The number of imidazole rings is 1. The van der Waals surface area contributed by atoms with Crippen molar-refractivity contribution in [1.29, 1.82) is 0 Å². The minimum Gasteiger partial charge on any atom is -0.497 e. The monoisotopic (exact) mass is 342 g/mol. The predicted molar refractivity (Wildman–Crippen MR) is 93.0 cm³/mol. The smallest absolute Gasteiger partial charge is 0.290 e. The van der Waals surface area contributed by atoms with E-state index in [1.54, 1.807) is 43.0 Å². The number of hydrogen-bond acceptors (Lipinski definition) is 4. The number of aromatic nitrogens is 2. The summed E-state index contributed by atoms with van der Waals surface area (Å²) in [6.07, 6.45) is 3.20. The third-order valence-corrected chi connectivity index (χ3v) is 3.67. The molecule has 0 aliphatic heterocycles. The van der Waals surface area contributed by atoms with Crippen LogP contribution in [0.4, 0.5) is 0 Å². The van der Waals surface area contributed by atoms with Gasteiger partial charge < -0.3 is 4.74 Å². The summed E-state index contributed by atoms with van der Waals surface area (Å²) in [4.78, 5) is 16.8. The number of fused-ring (bicyclic) bond motifs is 1. The van der Waals surface area contributed by atoms with E-state index in [4.69, 9.17) is 16.3 Å². The molecule has 0 aliphatic carbocycles. The van der Waals surface area contributed by atoms with Crippen molar-refractivity contribution in [2.75, 3.05) is 7.11 Å². The zero-order valence-corrected chi connectivity index (χ0v) is 13.9. The Morgan fingerprint density at radius 2 is 2.21 bits per heavy atom. The quantitative estimate of drug-likeness (QED) is 0.585. The van der Waals surface area contributed by atoms with Gasteiger partial charge in [0.1, 0.15) is 17.1 Å². The molecule has 122 valence electrons. The van der Waals surface area contributed by atoms with Crippen LogP contribution >= 0.6 is 11.6 Å². The molecule has 0 radical (unpaired) electrons. The number of nitrogens with zero attached hydrogens (tertiary/aromatic N) is 3. The van der Waals surface area contributed by atoms with Crippen molar-refractivity contribution in [2.24, 2.45) is 5.10 Å². The average Bonchev–Trinajstić information content (AvgIpc) is 2.90. The van der Waals surface area contributed by atoms with Gasteiger partial charge in [-0.25, -0.2) is 10.4 Å². The van der Waals surface area contributed by atoms with E-state index in [1.807, 2.05) is 24.3 Å². The molecule has 24 heavy (non-hydrogen) atoms. The molecule has 2 heterocycles. The summed E-state index contributed by atoms with van der Waals surface area (Å²) in [5, 5.41) is 4.51. The molecule has 0 aliphatic rings. The Kier molecular flexibility index (Phi) is 4.48. The number of rotatable bonds is 4. The van der Waals surface area contributed by atoms with Gasteiger partial charge in [0.25, 0.3) is 5.91 Å². The molecular formula is C17H15ClN4O2. The van der Waals surface area contributed by atoms with Crippen molar-refractivity contribution in [2.45, 2.75) is 6.92 Å². The molecule has 0 saturated carbocycles. The van der Waals surface area contributed by atoms with Gasteiger partial charge in [0.05, 0.1) is 24.0 Å². The summed E-state index contributed by atoms with van der Waals surface area (Å²) in [5.41, 5.74) is 4.98. The van der Waals surface area contributed by atoms with Crippen LogP contribution in [-0.2, 0) is 0 Å². The largest absolute Gasteiger partial charge is 0.497 e. The van der Waals surface area contributed by atoms with E-state index < -0.39 is 0 Å². The molecule has 1 amide bonds. The molecule has 0 fully saturated rings. The van der Waals surface area contributed by atoms with Crippen molar-refractivity contribution in [3.8, 4) is 5.75 Å². The van der Waals surface area contributed by atoms with E-state index in [1.165, 1.54) is 0 Å². The van der Waals surface area contributed by atoms with Gasteiger partial charge in [0, 0.05) is 6.20 Å². The molecule has 1 N–H and O–H groups in total. The number of benzene rings is 1. The van der Waals surface area contributed by atoms with E-state index >= 15 is 0 Å². The third-order valence-electron chi connectivity index (χ3n) is 3.45. The van der Waals surface area contributed by atoms with E-state index in [2.05, 4.69) is 15.5 Å². The average molecular weight is 343 g/mol. The maximum absolute atomic E-state index is 12.4. The number of methoxy groups -OCH3 is 1. The maximum atomic E-state index is 12.4. The van der Waals surface area contributed by atoms with Crippen molar-refractivity contribution in [3.05, 3.63) is 64.6 Å². The van der Waals surface area contributed by atoms with Gasteiger partial charge in [0.15, 0.2) is 0 Å². The summed E-state index contributed by atoms with van der Waals surface area (Å²) >= 11 is 6.00. The second-order valence-electron chi connectivity index (χ2n) is 5.10. The molecule has 0 saturated heterocycles. The van der Waals surface area contributed by atoms with E-state index in [9.17, 15) is 4.79 Å². The van der Waals surface area contributed by atoms with Crippen LogP contribution in [0.1, 0.15) is 21.7 Å². The Balaban J connectivity index is 1.81. The van der Waals surface area contributed by atoms with Crippen LogP contribution in [0.15, 0.2) is 47.7 Å². The molecule has 3 rings (SSSR count). The van der Waals surface area contributed by atoms with E-state index in [-0.39, 0.29) is 5.91 Å². The van der Waals surface area contributed by atoms with Crippen LogP contribution in [0.5, 0.6) is 5.75 Å². The second kappa shape index (κ2) is 6.72. The van der Waals surface area contributed by atoms with Crippen molar-refractivity contribution in [3.63, 3.8) is 0 Å². The number of halogens is 1. The molecule has 0 spiro atoms. The molecule has 7 heteroatoms. The minimum absolute atomic E-state index is 0.360. The number of pyridine rings is 1. The number of aryl methyl sites for hydroxylation is 1. The van der Waals surface area contributed by atoms with Crippen molar-refractivity contribution >= 4 is 29.4 Å². The van der Waals surface area contributed by atoms with Crippen LogP contribution < -0.4 is 10.2 Å². The Morgan fingerprint density at radius 3 is 3.00 bits per heavy atom. The lowest BCUT2D eigenvalue weighted by molar-refractivity contribution is 0.0948. The standard InChI is InChI=1S/C17H15ClN4O2/c1-11-16(22-10-13(18)6-7-15(22)20-11)17(23)21-19-9-12-4-3-5-14(8-12)24-2/h3-10H,1-2H3,(H,21,23)/b19-9-. The number of carbonyl (C=O) groups excluding carboxylic acids is 1. The number of amides is 1. The molecule has 6 nitrogen and oxygen atoms in total. The molecular weight excluding hydrogens is 328 g/mol. The molecule has 0 bridgehead atoms. The fraction of sp³-hybridized carbons (Fsp3) is 0.118. The van der Waals surface area contributed by atoms with Crippen LogP contribution in [-0.4, -0.2) is 28.6 Å². The van der Waals surface area contributed by atoms with Crippen LogP contribution in [0.3, 0.4) is 0 Å². The van der Waals surface area contributed by atoms with Gasteiger partial charge in [-0.15, -0.1) is 0 Å². The minimum atomic E-state index is -0.360. The maximum Gasteiger partial charge on any atom is 0.290 e. The SMILES string of the molecule is COc1cccc(/C=N\NC(=O)c2c(C)nc3ccc(Cl)cn23)c1. The van der Waals surface area contributed by atoms with E-state index in [0.717, 1.165) is 11.3 Å². The van der Waals surface area contributed by atoms with Gasteiger partial charge in [-0.3, -0.25) is 9.20 Å². The predicted octanol–water partition coefficient (Wildman–Crippen LogP) is 3.07. The lowest BCUT2D eigenvalue weighted by Gasteiger charge is -2.02. The lowest BCUT2D eigenvalue weighted by Crippen LogP contribution is -2.20. The zero-order valence-electron chi connectivity index (χ0n) is 13.2. The summed E-state index contributed by atoms with van der Waals surface area (Å²) in [5.74, 6) is 0.360. The Morgan fingerprint density at radius 1 is 1.38 bits per heavy atom. The number of carbonyl (C=O) groups is 1. The Bertz CT molecular complexity index is 933. The van der Waals surface area contributed by atoms with Crippen molar-refractivity contribution in [1.82, 2.24) is 14.8 Å². The summed E-state index contributed by atoms with van der Waals surface area (Å²) in [6.45, 7) is 1.77. The van der Waals surface area contributed by atoms with Crippen LogP contribution in [0, 0.1) is 6.92 Å². The topological polar surface area (TPSA) is 68.0 Å². The molecule has 3 aromatic rings. The molecule has 2 aromatic heterocycles. The summed E-state index contributed by atoms with van der Waals surface area (Å²) in [7, 11) is 1.59. The Hall–Kier alpha value is -2.86. The normalized spacial score (nSPS) is 11.1. The molecule has 0 atom stereocenters. The number of nitrogens with one attached hydrogen (secondary N) is 1. The van der Waals surface area contributed by atoms with Crippen molar-refractivity contribution < 1.29 is 9.53 Å². The van der Waals surface area contributed by atoms with Gasteiger partial charge in [-0.1, -0.05) is 23.7 Å². The second-order valence-corrected chi connectivity index (χ2v) is 5.53. The lowest BCUT2D eigenvalue weighted by atomic mass is 10.2. The summed E-state index contributed by atoms with van der Waals surface area (Å²) in [6, 6.07) is 10.8. The first-order valence-electron chi connectivity index (χ1n) is 7.20. The third kappa shape index (κ3) is 3.23. The highest BCUT2D eigenvalue weighted by Gasteiger charge is 2.16. The van der Waals surface area contributed by atoms with Crippen LogP contribution in [0.2, 0.25) is 5.02 Å². The first kappa shape index (κ1) is 16.0. The number of hydrogen-bond donors (Lipinski definition) is 1. The fourth-order valence-electron chi connectivity index (χ4n) is 2.35. The molecule has 0 unspecified atom stereocenters. The van der Waals surface area contributed by atoms with Gasteiger partial charge in [0.2, 0.25) is 0 Å². The Labute approximate surface area is 143 Å². The number of ether oxygens (including phenoxy) is 1. The zero-order chi connectivity index (χ0) is 17.1. The summed E-state index contributed by atoms with van der Waals surface area (Å²) < 4.78 is 6.79. The fourth-order valence-corrected chi connectivity index (χ4v) is 2.51. The number of hydrazone groups is 1. The van der Waals surface area contributed by atoms with Gasteiger partial charge in [-0.2, -0.15) is 5.10 Å². The highest BCUT2D eigenvalue weighted by atomic mass is 35.5. The highest BCUT2D eigenvalue weighted by Crippen LogP contribution is 2.16.